The standard InChI is InChI=1S/C16H19ClN2O4/c1-18-7-5-16(6-8-18)19(13(10-23-16)15(21)22)14(20)11-3-2-4-12(17)9-11/h2-4,9,13H,5-8,10H2,1H3,(H,21,22). The van der Waals surface area contributed by atoms with Crippen LogP contribution in [0.4, 0.5) is 0 Å². The minimum absolute atomic E-state index is 0.0192. The summed E-state index contributed by atoms with van der Waals surface area (Å²) in [5.74, 6) is -1.39. The summed E-state index contributed by atoms with van der Waals surface area (Å²) in [4.78, 5) is 28.1. The number of carbonyl (C=O) groups is 2. The quantitative estimate of drug-likeness (QED) is 0.888. The van der Waals surface area contributed by atoms with Crippen LogP contribution in [0.5, 0.6) is 0 Å². The van der Waals surface area contributed by atoms with Crippen molar-refractivity contribution >= 4 is 23.5 Å². The topological polar surface area (TPSA) is 70.1 Å². The third kappa shape index (κ3) is 2.94. The SMILES string of the molecule is CN1CCC2(CC1)OCC(C(=O)O)N2C(=O)c1cccc(Cl)c1. The van der Waals surface area contributed by atoms with Crippen LogP contribution in [-0.2, 0) is 9.53 Å². The van der Waals surface area contributed by atoms with E-state index in [9.17, 15) is 14.7 Å². The van der Waals surface area contributed by atoms with Crippen molar-refractivity contribution in [2.75, 3.05) is 26.7 Å². The minimum atomic E-state index is -1.05. The smallest absolute Gasteiger partial charge is 0.328 e. The first-order valence-corrected chi connectivity index (χ1v) is 7.95. The lowest BCUT2D eigenvalue weighted by molar-refractivity contribution is -0.143. The van der Waals surface area contributed by atoms with Crippen LogP contribution >= 0.6 is 11.6 Å². The second kappa shape index (κ2) is 6.11. The molecule has 1 unspecified atom stereocenters. The van der Waals surface area contributed by atoms with Crippen molar-refractivity contribution in [2.45, 2.75) is 24.6 Å². The molecule has 23 heavy (non-hydrogen) atoms. The molecule has 124 valence electrons. The molecule has 0 radical (unpaired) electrons. The number of hydrogen-bond acceptors (Lipinski definition) is 4. The van der Waals surface area contributed by atoms with E-state index in [0.29, 0.717) is 23.4 Å². The first-order chi connectivity index (χ1) is 10.9. The third-order valence-corrected chi connectivity index (χ3v) is 4.84. The van der Waals surface area contributed by atoms with Crippen molar-refractivity contribution < 1.29 is 19.4 Å². The van der Waals surface area contributed by atoms with Crippen molar-refractivity contribution in [1.82, 2.24) is 9.80 Å². The summed E-state index contributed by atoms with van der Waals surface area (Å²) in [6, 6.07) is 5.60. The van der Waals surface area contributed by atoms with Crippen LogP contribution < -0.4 is 0 Å². The lowest BCUT2D eigenvalue weighted by atomic mass is 9.97. The van der Waals surface area contributed by atoms with Gasteiger partial charge in [-0.1, -0.05) is 17.7 Å². The summed E-state index contributed by atoms with van der Waals surface area (Å²) in [5.41, 5.74) is -0.456. The number of rotatable bonds is 2. The Balaban J connectivity index is 1.96. The third-order valence-electron chi connectivity index (χ3n) is 4.60. The summed E-state index contributed by atoms with van der Waals surface area (Å²) in [7, 11) is 2.00. The van der Waals surface area contributed by atoms with Crippen LogP contribution in [0.15, 0.2) is 24.3 Å². The van der Waals surface area contributed by atoms with Gasteiger partial charge >= 0.3 is 5.97 Å². The molecule has 1 aromatic carbocycles. The van der Waals surface area contributed by atoms with Crippen molar-refractivity contribution in [3.8, 4) is 0 Å². The molecule has 7 heteroatoms. The van der Waals surface area contributed by atoms with Crippen LogP contribution in [0, 0.1) is 0 Å². The predicted octanol–water partition coefficient (Wildman–Crippen LogP) is 1.69. The van der Waals surface area contributed by atoms with Crippen molar-refractivity contribution in [1.29, 1.82) is 0 Å². The number of halogens is 1. The highest BCUT2D eigenvalue weighted by Crippen LogP contribution is 2.38. The fraction of sp³-hybridized carbons (Fsp3) is 0.500. The van der Waals surface area contributed by atoms with Crippen LogP contribution in [0.3, 0.4) is 0 Å². The number of hydrogen-bond donors (Lipinski definition) is 1. The lowest BCUT2D eigenvalue weighted by Crippen LogP contribution is -2.57. The maximum absolute atomic E-state index is 13.0. The number of aliphatic carboxylic acids is 1. The van der Waals surface area contributed by atoms with Gasteiger partial charge in [0.1, 0.15) is 5.72 Å². The van der Waals surface area contributed by atoms with Gasteiger partial charge in [0.05, 0.1) is 6.61 Å². The zero-order valence-electron chi connectivity index (χ0n) is 12.9. The molecule has 1 spiro atoms. The molecule has 3 rings (SSSR count). The number of carbonyl (C=O) groups excluding carboxylic acids is 1. The van der Waals surface area contributed by atoms with E-state index in [-0.39, 0.29) is 12.5 Å². The Morgan fingerprint density at radius 1 is 1.35 bits per heavy atom. The van der Waals surface area contributed by atoms with Gasteiger partial charge in [0.2, 0.25) is 0 Å². The number of carboxylic acid groups (broad SMARTS) is 1. The molecule has 0 aromatic heterocycles. The fourth-order valence-corrected chi connectivity index (χ4v) is 3.47. The molecule has 2 heterocycles. The van der Waals surface area contributed by atoms with Gasteiger partial charge in [0.15, 0.2) is 6.04 Å². The molecule has 6 nitrogen and oxygen atoms in total. The van der Waals surface area contributed by atoms with E-state index in [1.165, 1.54) is 4.90 Å². The van der Waals surface area contributed by atoms with Crippen LogP contribution in [0.1, 0.15) is 23.2 Å². The molecule has 1 amide bonds. The van der Waals surface area contributed by atoms with Crippen LogP contribution in [0.25, 0.3) is 0 Å². The first kappa shape index (κ1) is 16.2. The van der Waals surface area contributed by atoms with E-state index in [1.54, 1.807) is 24.3 Å². The lowest BCUT2D eigenvalue weighted by Gasteiger charge is -2.43. The number of amides is 1. The van der Waals surface area contributed by atoms with Crippen LogP contribution in [0.2, 0.25) is 5.02 Å². The highest BCUT2D eigenvalue weighted by molar-refractivity contribution is 6.31. The largest absolute Gasteiger partial charge is 0.480 e. The molecule has 0 bridgehead atoms. The molecule has 1 N–H and O–H groups in total. The highest BCUT2D eigenvalue weighted by Gasteiger charge is 2.53. The molecule has 0 aliphatic carbocycles. The molecule has 2 saturated heterocycles. The van der Waals surface area contributed by atoms with E-state index < -0.39 is 17.7 Å². The summed E-state index contributed by atoms with van der Waals surface area (Å²) >= 11 is 5.97. The first-order valence-electron chi connectivity index (χ1n) is 7.57. The maximum Gasteiger partial charge on any atom is 0.328 e. The number of carboxylic acids is 1. The number of piperidine rings is 1. The van der Waals surface area contributed by atoms with Gasteiger partial charge in [0.25, 0.3) is 5.91 Å². The maximum atomic E-state index is 13.0. The second-order valence-electron chi connectivity index (χ2n) is 6.10. The summed E-state index contributed by atoms with van der Waals surface area (Å²) in [6.07, 6.45) is 1.19. The Hall–Kier alpha value is -1.63. The molecule has 2 fully saturated rings. The second-order valence-corrected chi connectivity index (χ2v) is 6.54. The van der Waals surface area contributed by atoms with Crippen molar-refractivity contribution in [3.05, 3.63) is 34.9 Å². The van der Waals surface area contributed by atoms with Crippen LogP contribution in [-0.4, -0.2) is 65.3 Å². The van der Waals surface area contributed by atoms with Gasteiger partial charge in [0, 0.05) is 36.5 Å². The number of benzene rings is 1. The molecular weight excluding hydrogens is 320 g/mol. The average molecular weight is 339 g/mol. The molecule has 1 aromatic rings. The average Bonchev–Trinajstić information content (AvgIpc) is 2.89. The Labute approximate surface area is 139 Å². The van der Waals surface area contributed by atoms with E-state index in [0.717, 1.165) is 13.1 Å². The van der Waals surface area contributed by atoms with Gasteiger partial charge in [-0.3, -0.25) is 9.69 Å². The van der Waals surface area contributed by atoms with E-state index >= 15 is 0 Å². The van der Waals surface area contributed by atoms with Crippen molar-refractivity contribution in [3.63, 3.8) is 0 Å². The zero-order chi connectivity index (χ0) is 16.6. The number of likely N-dealkylation sites (tertiary alicyclic amines) is 1. The Morgan fingerprint density at radius 2 is 2.04 bits per heavy atom. The number of ether oxygens (including phenoxy) is 1. The summed E-state index contributed by atoms with van der Waals surface area (Å²) < 4.78 is 5.85. The van der Waals surface area contributed by atoms with Gasteiger partial charge in [-0.2, -0.15) is 0 Å². The summed E-state index contributed by atoms with van der Waals surface area (Å²) in [5, 5.41) is 9.93. The minimum Gasteiger partial charge on any atom is -0.480 e. The number of nitrogens with zero attached hydrogens (tertiary/aromatic N) is 2. The predicted molar refractivity (Wildman–Crippen MR) is 84.5 cm³/mol. The zero-order valence-corrected chi connectivity index (χ0v) is 13.6. The Kier molecular flexibility index (Phi) is 4.31. The Bertz CT molecular complexity index is 628. The molecule has 0 saturated carbocycles. The molecular formula is C16H19ClN2O4. The van der Waals surface area contributed by atoms with Gasteiger partial charge in [-0.25, -0.2) is 4.79 Å². The summed E-state index contributed by atoms with van der Waals surface area (Å²) in [6.45, 7) is 1.53. The molecule has 2 aliphatic heterocycles. The van der Waals surface area contributed by atoms with Crippen molar-refractivity contribution in [2.24, 2.45) is 0 Å². The monoisotopic (exact) mass is 338 g/mol. The van der Waals surface area contributed by atoms with Gasteiger partial charge < -0.3 is 14.7 Å². The molecule has 1 atom stereocenters. The van der Waals surface area contributed by atoms with E-state index in [4.69, 9.17) is 16.3 Å². The fourth-order valence-electron chi connectivity index (χ4n) is 3.28. The van der Waals surface area contributed by atoms with Gasteiger partial charge in [-0.15, -0.1) is 0 Å². The van der Waals surface area contributed by atoms with E-state index in [2.05, 4.69) is 4.90 Å². The van der Waals surface area contributed by atoms with E-state index in [1.807, 2.05) is 7.05 Å². The normalized spacial score (nSPS) is 24.1. The highest BCUT2D eigenvalue weighted by atomic mass is 35.5. The Morgan fingerprint density at radius 3 is 2.65 bits per heavy atom. The molecule has 2 aliphatic rings. The van der Waals surface area contributed by atoms with Gasteiger partial charge in [-0.05, 0) is 25.2 Å².